The molecular weight excluding hydrogens is 410 g/mol. The number of nitrogens with zero attached hydrogens (tertiary/aromatic N) is 2. The molecule has 3 rings (SSSR count). The van der Waals surface area contributed by atoms with Crippen LogP contribution < -0.4 is 16.4 Å². The maximum Gasteiger partial charge on any atom is 0.262 e. The lowest BCUT2D eigenvalue weighted by Gasteiger charge is -2.27. The number of fused-ring (bicyclic) bond motifs is 1. The second-order valence-electron chi connectivity index (χ2n) is 8.51. The predicted octanol–water partition coefficient (Wildman–Crippen LogP) is 0.628. The first-order chi connectivity index (χ1) is 15.4. The fourth-order valence-electron chi connectivity index (χ4n) is 4.13. The van der Waals surface area contributed by atoms with Gasteiger partial charge < -0.3 is 16.0 Å². The van der Waals surface area contributed by atoms with Crippen LogP contribution in [0.2, 0.25) is 0 Å². The first-order valence-electron chi connectivity index (χ1n) is 11.4. The minimum atomic E-state index is -0.935. The molecule has 9 nitrogen and oxygen atoms in total. The Kier molecular flexibility index (Phi) is 8.49. The van der Waals surface area contributed by atoms with Crippen LogP contribution in [0.15, 0.2) is 18.2 Å². The zero-order chi connectivity index (χ0) is 23.1. The van der Waals surface area contributed by atoms with Gasteiger partial charge in [0.1, 0.15) is 6.04 Å². The summed E-state index contributed by atoms with van der Waals surface area (Å²) < 4.78 is 0. The Morgan fingerprint density at radius 2 is 1.78 bits per heavy atom. The molecule has 0 aliphatic carbocycles. The lowest BCUT2D eigenvalue weighted by Crippen LogP contribution is -2.54. The Bertz CT molecular complexity index is 872. The third-order valence-corrected chi connectivity index (χ3v) is 5.97. The van der Waals surface area contributed by atoms with Crippen LogP contribution in [0.25, 0.3) is 0 Å². The van der Waals surface area contributed by atoms with Gasteiger partial charge in [0, 0.05) is 13.0 Å². The summed E-state index contributed by atoms with van der Waals surface area (Å²) in [5.41, 5.74) is 7.06. The highest BCUT2D eigenvalue weighted by Crippen LogP contribution is 2.28. The van der Waals surface area contributed by atoms with Gasteiger partial charge in [-0.2, -0.15) is 0 Å². The molecule has 0 aromatic heterocycles. The highest BCUT2D eigenvalue weighted by molar-refractivity contribution is 6.23. The van der Waals surface area contributed by atoms with Crippen molar-refractivity contribution in [1.82, 2.24) is 20.4 Å². The SMILES string of the molecule is CN(CCCCN)CCCCNCc1ccc2c(c1)C(=O)N(C1CCC(=O)NC1=O)C2=O. The fourth-order valence-corrected chi connectivity index (χ4v) is 4.13. The Hall–Kier alpha value is -2.62. The second kappa shape index (κ2) is 11.3. The van der Waals surface area contributed by atoms with Crippen LogP contribution in [0.5, 0.6) is 0 Å². The number of nitrogens with two attached hydrogens (primary N) is 1. The number of carbonyl (C=O) groups is 4. The lowest BCUT2D eigenvalue weighted by atomic mass is 10.0. The molecule has 2 heterocycles. The van der Waals surface area contributed by atoms with Gasteiger partial charge in [0.15, 0.2) is 0 Å². The van der Waals surface area contributed by atoms with Crippen LogP contribution >= 0.6 is 0 Å². The monoisotopic (exact) mass is 443 g/mol. The van der Waals surface area contributed by atoms with E-state index >= 15 is 0 Å². The third-order valence-electron chi connectivity index (χ3n) is 5.97. The molecule has 1 fully saturated rings. The Balaban J connectivity index is 1.46. The summed E-state index contributed by atoms with van der Waals surface area (Å²) in [6.45, 7) is 4.33. The maximum absolute atomic E-state index is 12.9. The largest absolute Gasteiger partial charge is 0.330 e. The Morgan fingerprint density at radius 3 is 2.50 bits per heavy atom. The molecule has 32 heavy (non-hydrogen) atoms. The smallest absolute Gasteiger partial charge is 0.262 e. The molecule has 0 bridgehead atoms. The van der Waals surface area contributed by atoms with Gasteiger partial charge in [0.05, 0.1) is 11.1 Å². The van der Waals surface area contributed by atoms with E-state index < -0.39 is 23.8 Å². The number of amides is 4. The number of carbonyl (C=O) groups excluding carboxylic acids is 4. The van der Waals surface area contributed by atoms with E-state index in [0.717, 1.165) is 62.3 Å². The first-order valence-corrected chi connectivity index (χ1v) is 11.4. The van der Waals surface area contributed by atoms with Crippen LogP contribution in [0.4, 0.5) is 0 Å². The molecular formula is C23H33N5O4. The summed E-state index contributed by atoms with van der Waals surface area (Å²) >= 11 is 0. The van der Waals surface area contributed by atoms with Gasteiger partial charge in [-0.15, -0.1) is 0 Å². The van der Waals surface area contributed by atoms with Gasteiger partial charge in [-0.3, -0.25) is 29.4 Å². The van der Waals surface area contributed by atoms with Crippen LogP contribution in [0.1, 0.15) is 64.8 Å². The van der Waals surface area contributed by atoms with Crippen molar-refractivity contribution in [2.24, 2.45) is 5.73 Å². The molecule has 1 unspecified atom stereocenters. The molecule has 0 saturated carbocycles. The predicted molar refractivity (Wildman–Crippen MR) is 120 cm³/mol. The highest BCUT2D eigenvalue weighted by Gasteiger charge is 2.44. The zero-order valence-corrected chi connectivity index (χ0v) is 18.7. The van der Waals surface area contributed by atoms with Gasteiger partial charge in [-0.05, 0) is 83.0 Å². The van der Waals surface area contributed by atoms with Crippen molar-refractivity contribution in [1.29, 1.82) is 0 Å². The topological polar surface area (TPSA) is 125 Å². The van der Waals surface area contributed by atoms with Crippen molar-refractivity contribution in [2.75, 3.05) is 33.2 Å². The molecule has 1 aromatic carbocycles. The van der Waals surface area contributed by atoms with E-state index in [2.05, 4.69) is 22.6 Å². The number of benzene rings is 1. The average Bonchev–Trinajstić information content (AvgIpc) is 3.01. The summed E-state index contributed by atoms with van der Waals surface area (Å²) in [5, 5.41) is 5.59. The Morgan fingerprint density at radius 1 is 1.06 bits per heavy atom. The fraction of sp³-hybridized carbons (Fsp3) is 0.565. The first kappa shape index (κ1) is 24.0. The van der Waals surface area contributed by atoms with Gasteiger partial charge in [0.2, 0.25) is 11.8 Å². The van der Waals surface area contributed by atoms with Crippen LogP contribution in [-0.2, 0) is 16.1 Å². The van der Waals surface area contributed by atoms with E-state index in [-0.39, 0.29) is 18.7 Å². The molecule has 0 radical (unpaired) electrons. The lowest BCUT2D eigenvalue weighted by molar-refractivity contribution is -0.136. The number of piperidine rings is 1. The quantitative estimate of drug-likeness (QED) is 0.320. The average molecular weight is 444 g/mol. The third kappa shape index (κ3) is 5.79. The summed E-state index contributed by atoms with van der Waals surface area (Å²) in [6.07, 6.45) is 4.62. The van der Waals surface area contributed by atoms with E-state index in [1.165, 1.54) is 0 Å². The van der Waals surface area contributed by atoms with Crippen molar-refractivity contribution >= 4 is 23.6 Å². The maximum atomic E-state index is 12.9. The van der Waals surface area contributed by atoms with Crippen LogP contribution in [0.3, 0.4) is 0 Å². The van der Waals surface area contributed by atoms with Gasteiger partial charge in [0.25, 0.3) is 11.8 Å². The molecule has 1 aromatic rings. The summed E-state index contributed by atoms with van der Waals surface area (Å²) in [4.78, 5) is 52.4. The van der Waals surface area contributed by atoms with E-state index in [9.17, 15) is 19.2 Å². The number of hydrogen-bond acceptors (Lipinski definition) is 7. The zero-order valence-electron chi connectivity index (χ0n) is 18.7. The standard InChI is InChI=1S/C23H33N5O4/c1-27(12-4-2-10-24)13-5-3-11-25-15-16-6-7-17-18(14-16)23(32)28(22(17)31)19-8-9-20(29)26-21(19)30/h6-7,14,19,25H,2-5,8-13,15,24H2,1H3,(H,26,29,30). The van der Waals surface area contributed by atoms with Crippen LogP contribution in [0, 0.1) is 0 Å². The molecule has 174 valence electrons. The number of hydrogen-bond donors (Lipinski definition) is 3. The van der Waals surface area contributed by atoms with Crippen molar-refractivity contribution < 1.29 is 19.2 Å². The van der Waals surface area contributed by atoms with Crippen molar-refractivity contribution in [3.8, 4) is 0 Å². The van der Waals surface area contributed by atoms with E-state index in [0.29, 0.717) is 17.7 Å². The van der Waals surface area contributed by atoms with Crippen molar-refractivity contribution in [2.45, 2.75) is 51.1 Å². The molecule has 0 spiro atoms. The molecule has 2 aliphatic heterocycles. The summed E-state index contributed by atoms with van der Waals surface area (Å²) in [7, 11) is 2.13. The normalized spacial score (nSPS) is 18.5. The van der Waals surface area contributed by atoms with Crippen molar-refractivity contribution in [3.63, 3.8) is 0 Å². The van der Waals surface area contributed by atoms with Crippen LogP contribution in [-0.4, -0.2) is 72.7 Å². The number of unbranched alkanes of at least 4 members (excludes halogenated alkanes) is 2. The molecule has 2 aliphatic rings. The second-order valence-corrected chi connectivity index (χ2v) is 8.51. The highest BCUT2D eigenvalue weighted by atomic mass is 16.2. The van der Waals surface area contributed by atoms with Gasteiger partial charge >= 0.3 is 0 Å². The van der Waals surface area contributed by atoms with Gasteiger partial charge in [-0.1, -0.05) is 6.07 Å². The minimum absolute atomic E-state index is 0.114. The van der Waals surface area contributed by atoms with Gasteiger partial charge in [-0.25, -0.2) is 0 Å². The molecule has 4 N–H and O–H groups in total. The molecule has 1 atom stereocenters. The summed E-state index contributed by atoms with van der Waals surface area (Å²) in [5.74, 6) is -1.93. The minimum Gasteiger partial charge on any atom is -0.330 e. The van der Waals surface area contributed by atoms with E-state index in [1.54, 1.807) is 12.1 Å². The molecule has 4 amide bonds. The summed E-state index contributed by atoms with van der Waals surface area (Å²) in [6, 6.07) is 4.26. The molecule has 1 saturated heterocycles. The van der Waals surface area contributed by atoms with E-state index in [1.807, 2.05) is 6.07 Å². The van der Waals surface area contributed by atoms with E-state index in [4.69, 9.17) is 5.73 Å². The number of imide groups is 2. The van der Waals surface area contributed by atoms with Crippen molar-refractivity contribution in [3.05, 3.63) is 34.9 Å². The molecule has 9 heteroatoms. The Labute approximate surface area is 188 Å². The number of nitrogens with one attached hydrogen (secondary N) is 2. The number of rotatable bonds is 12.